The third-order valence-corrected chi connectivity index (χ3v) is 2.37. The first kappa shape index (κ1) is 13.1. The molecule has 1 aromatic heterocycles. The number of benzene rings is 1. The van der Waals surface area contributed by atoms with Gasteiger partial charge in [0.05, 0.1) is 0 Å². The van der Waals surface area contributed by atoms with Gasteiger partial charge in [0.25, 0.3) is 5.89 Å². The molecular weight excluding hydrogens is 248 g/mol. The molecule has 100 valence electrons. The maximum absolute atomic E-state index is 10.5. The lowest BCUT2D eigenvalue weighted by Crippen LogP contribution is -1.99. The quantitative estimate of drug-likeness (QED) is 0.885. The standard InChI is InChI=1S/C13H14N2O4/c1-8-3-9(2)5-10(4-8)18-7-12-15-14-11(19-12)6-13(16)17/h3-5H,6-7H2,1-2H3,(H,16,17). The van der Waals surface area contributed by atoms with E-state index in [-0.39, 0.29) is 24.8 Å². The van der Waals surface area contributed by atoms with Crippen LogP contribution in [0.25, 0.3) is 0 Å². The molecule has 0 aliphatic rings. The summed E-state index contributed by atoms with van der Waals surface area (Å²) >= 11 is 0. The Hall–Kier alpha value is -2.37. The van der Waals surface area contributed by atoms with Gasteiger partial charge in [0.15, 0.2) is 6.61 Å². The molecule has 2 aromatic rings. The van der Waals surface area contributed by atoms with Crippen LogP contribution in [0.4, 0.5) is 0 Å². The Kier molecular flexibility index (Phi) is 3.79. The minimum absolute atomic E-state index is 0.0755. The molecule has 0 amide bonds. The highest BCUT2D eigenvalue weighted by atomic mass is 16.5. The van der Waals surface area contributed by atoms with Gasteiger partial charge in [-0.1, -0.05) is 6.07 Å². The number of hydrogen-bond donors (Lipinski definition) is 1. The Balaban J connectivity index is 1.98. The van der Waals surface area contributed by atoms with Crippen LogP contribution in [0.1, 0.15) is 22.9 Å². The van der Waals surface area contributed by atoms with Gasteiger partial charge >= 0.3 is 5.97 Å². The molecule has 0 saturated heterocycles. The predicted octanol–water partition coefficient (Wildman–Crippen LogP) is 1.89. The first-order valence-electron chi connectivity index (χ1n) is 5.77. The number of carbonyl (C=O) groups is 1. The molecule has 0 unspecified atom stereocenters. The molecule has 19 heavy (non-hydrogen) atoms. The van der Waals surface area contributed by atoms with E-state index in [1.54, 1.807) is 0 Å². The minimum atomic E-state index is -1.01. The van der Waals surface area contributed by atoms with E-state index in [2.05, 4.69) is 10.2 Å². The van der Waals surface area contributed by atoms with Crippen molar-refractivity contribution < 1.29 is 19.1 Å². The van der Waals surface area contributed by atoms with Crippen LogP contribution in [-0.4, -0.2) is 21.3 Å². The van der Waals surface area contributed by atoms with Crippen molar-refractivity contribution in [2.45, 2.75) is 26.9 Å². The van der Waals surface area contributed by atoms with Crippen LogP contribution in [0.3, 0.4) is 0 Å². The molecule has 0 fully saturated rings. The molecule has 6 nitrogen and oxygen atoms in total. The zero-order valence-corrected chi connectivity index (χ0v) is 10.7. The molecular formula is C13H14N2O4. The third kappa shape index (κ3) is 3.80. The van der Waals surface area contributed by atoms with E-state index in [1.165, 1.54) is 0 Å². The molecule has 0 radical (unpaired) electrons. The summed E-state index contributed by atoms with van der Waals surface area (Å²) in [6.07, 6.45) is -0.281. The maximum atomic E-state index is 10.5. The summed E-state index contributed by atoms with van der Waals surface area (Å²) in [5, 5.41) is 15.9. The molecule has 6 heteroatoms. The topological polar surface area (TPSA) is 85.5 Å². The predicted molar refractivity (Wildman–Crippen MR) is 65.9 cm³/mol. The molecule has 1 aromatic carbocycles. The molecule has 0 bridgehead atoms. The summed E-state index contributed by atoms with van der Waals surface area (Å²) < 4.78 is 10.7. The largest absolute Gasteiger partial charge is 0.484 e. The normalized spacial score (nSPS) is 10.4. The first-order valence-corrected chi connectivity index (χ1v) is 5.77. The van der Waals surface area contributed by atoms with Crippen molar-refractivity contribution in [3.05, 3.63) is 41.1 Å². The molecule has 0 saturated carbocycles. The number of ether oxygens (including phenoxy) is 1. The highest BCUT2D eigenvalue weighted by molar-refractivity contribution is 5.68. The molecule has 1 N–H and O–H groups in total. The van der Waals surface area contributed by atoms with E-state index in [4.69, 9.17) is 14.3 Å². The van der Waals surface area contributed by atoms with Crippen LogP contribution in [0, 0.1) is 13.8 Å². The zero-order chi connectivity index (χ0) is 13.8. The Bertz CT molecular complexity index is 572. The van der Waals surface area contributed by atoms with E-state index in [9.17, 15) is 4.79 Å². The van der Waals surface area contributed by atoms with Gasteiger partial charge in [0, 0.05) is 0 Å². The number of nitrogens with zero attached hydrogens (tertiary/aromatic N) is 2. The van der Waals surface area contributed by atoms with Crippen LogP contribution in [0.2, 0.25) is 0 Å². The van der Waals surface area contributed by atoms with Crippen LogP contribution >= 0.6 is 0 Å². The summed E-state index contributed by atoms with van der Waals surface area (Å²) in [6, 6.07) is 5.85. The van der Waals surface area contributed by atoms with Crippen molar-refractivity contribution >= 4 is 5.97 Å². The van der Waals surface area contributed by atoms with Crippen LogP contribution in [0.15, 0.2) is 22.6 Å². The number of aryl methyl sites for hydroxylation is 2. The number of hydrogen-bond acceptors (Lipinski definition) is 5. The van der Waals surface area contributed by atoms with E-state index in [0.29, 0.717) is 0 Å². The van der Waals surface area contributed by atoms with Gasteiger partial charge in [0.2, 0.25) is 5.89 Å². The zero-order valence-electron chi connectivity index (χ0n) is 10.7. The second-order valence-corrected chi connectivity index (χ2v) is 4.27. The van der Waals surface area contributed by atoms with Crippen molar-refractivity contribution in [2.24, 2.45) is 0 Å². The number of carboxylic acids is 1. The lowest BCUT2D eigenvalue weighted by atomic mass is 10.1. The molecule has 2 rings (SSSR count). The molecule has 0 atom stereocenters. The summed E-state index contributed by atoms with van der Waals surface area (Å²) in [6.45, 7) is 4.09. The highest BCUT2D eigenvalue weighted by Gasteiger charge is 2.10. The maximum Gasteiger partial charge on any atom is 0.312 e. The van der Waals surface area contributed by atoms with Crippen molar-refractivity contribution in [2.75, 3.05) is 0 Å². The van der Waals surface area contributed by atoms with E-state index >= 15 is 0 Å². The van der Waals surface area contributed by atoms with E-state index < -0.39 is 5.97 Å². The highest BCUT2D eigenvalue weighted by Crippen LogP contribution is 2.17. The van der Waals surface area contributed by atoms with Gasteiger partial charge in [0.1, 0.15) is 12.2 Å². The lowest BCUT2D eigenvalue weighted by Gasteiger charge is -2.05. The van der Waals surface area contributed by atoms with Crippen LogP contribution < -0.4 is 4.74 Å². The van der Waals surface area contributed by atoms with Gasteiger partial charge in [-0.25, -0.2) is 0 Å². The minimum Gasteiger partial charge on any atom is -0.484 e. The lowest BCUT2D eigenvalue weighted by molar-refractivity contribution is -0.136. The summed E-state index contributed by atoms with van der Waals surface area (Å²) in [5.41, 5.74) is 2.21. The number of carboxylic acid groups (broad SMARTS) is 1. The van der Waals surface area contributed by atoms with E-state index in [0.717, 1.165) is 16.9 Å². The Labute approximate surface area is 110 Å². The fourth-order valence-electron chi connectivity index (χ4n) is 1.71. The first-order chi connectivity index (χ1) is 9.02. The molecule has 1 heterocycles. The average molecular weight is 262 g/mol. The van der Waals surface area contributed by atoms with Gasteiger partial charge < -0.3 is 14.3 Å². The number of aromatic nitrogens is 2. The Morgan fingerprint density at radius 3 is 2.47 bits per heavy atom. The SMILES string of the molecule is Cc1cc(C)cc(OCc2nnc(CC(=O)O)o2)c1. The van der Waals surface area contributed by atoms with Crippen LogP contribution in [-0.2, 0) is 17.8 Å². The fourth-order valence-corrected chi connectivity index (χ4v) is 1.71. The summed E-state index contributed by atoms with van der Waals surface area (Å²) in [5.74, 6) is 0.0443. The monoisotopic (exact) mass is 262 g/mol. The number of rotatable bonds is 5. The van der Waals surface area contributed by atoms with Crippen molar-refractivity contribution in [3.63, 3.8) is 0 Å². The second kappa shape index (κ2) is 5.51. The van der Waals surface area contributed by atoms with Gasteiger partial charge in [-0.05, 0) is 37.1 Å². The smallest absolute Gasteiger partial charge is 0.312 e. The average Bonchev–Trinajstić information content (AvgIpc) is 2.72. The van der Waals surface area contributed by atoms with Gasteiger partial charge in [-0.3, -0.25) is 4.79 Å². The van der Waals surface area contributed by atoms with Gasteiger partial charge in [-0.2, -0.15) is 0 Å². The molecule has 0 aliphatic carbocycles. The fraction of sp³-hybridized carbons (Fsp3) is 0.308. The summed E-state index contributed by atoms with van der Waals surface area (Å²) in [4.78, 5) is 10.5. The second-order valence-electron chi connectivity index (χ2n) is 4.27. The van der Waals surface area contributed by atoms with Gasteiger partial charge in [-0.15, -0.1) is 10.2 Å². The van der Waals surface area contributed by atoms with Crippen LogP contribution in [0.5, 0.6) is 5.75 Å². The Morgan fingerprint density at radius 1 is 1.21 bits per heavy atom. The summed E-state index contributed by atoms with van der Waals surface area (Å²) in [7, 11) is 0. The number of aliphatic carboxylic acids is 1. The van der Waals surface area contributed by atoms with Crippen molar-refractivity contribution in [1.82, 2.24) is 10.2 Å². The van der Waals surface area contributed by atoms with Crippen molar-refractivity contribution in [3.8, 4) is 5.75 Å². The van der Waals surface area contributed by atoms with E-state index in [1.807, 2.05) is 32.0 Å². The van der Waals surface area contributed by atoms with Crippen molar-refractivity contribution in [1.29, 1.82) is 0 Å². The Morgan fingerprint density at radius 2 is 1.84 bits per heavy atom. The molecule has 0 spiro atoms. The third-order valence-electron chi connectivity index (χ3n) is 2.37. The molecule has 0 aliphatic heterocycles.